The van der Waals surface area contributed by atoms with Gasteiger partial charge in [-0.2, -0.15) is 5.26 Å². The Bertz CT molecular complexity index is 1140. The molecule has 1 aromatic heterocycles. The van der Waals surface area contributed by atoms with Crippen molar-refractivity contribution in [3.05, 3.63) is 89.7 Å². The van der Waals surface area contributed by atoms with Gasteiger partial charge in [0.25, 0.3) is 0 Å². The zero-order chi connectivity index (χ0) is 23.2. The molecule has 0 aliphatic heterocycles. The summed E-state index contributed by atoms with van der Waals surface area (Å²) in [5.41, 5.74) is 3.20. The predicted octanol–water partition coefficient (Wildman–Crippen LogP) is 4.12. The van der Waals surface area contributed by atoms with Crippen molar-refractivity contribution in [2.45, 2.75) is 32.0 Å². The third-order valence-corrected chi connectivity index (χ3v) is 5.79. The van der Waals surface area contributed by atoms with E-state index in [1.54, 1.807) is 34.1 Å². The number of rotatable bonds is 8. The van der Waals surface area contributed by atoms with Gasteiger partial charge in [-0.05, 0) is 54.8 Å². The van der Waals surface area contributed by atoms with E-state index in [1.807, 2.05) is 60.3 Å². The minimum Gasteiger partial charge on any atom is -0.353 e. The summed E-state index contributed by atoms with van der Waals surface area (Å²) in [5, 5.41) is 11.8. The number of hydrogen-bond donors (Lipinski definition) is 1. The van der Waals surface area contributed by atoms with Crippen LogP contribution in [0.15, 0.2) is 72.9 Å². The standard InChI is InChI=1S/C26H27N5O2/c1-29-15-5-8-24(29)18-30(17-21-6-3-2-4-7-21)25(32)19-31(23-13-14-23)26(33)28-22-11-9-20(16-27)10-12-22/h2-12,15,23H,13-14,17-19H2,1H3,(H,28,33). The van der Waals surface area contributed by atoms with Gasteiger partial charge in [0.2, 0.25) is 5.91 Å². The van der Waals surface area contributed by atoms with E-state index < -0.39 is 0 Å². The average molecular weight is 442 g/mol. The zero-order valence-electron chi connectivity index (χ0n) is 18.6. The molecule has 3 amide bonds. The van der Waals surface area contributed by atoms with Gasteiger partial charge in [0.15, 0.2) is 0 Å². The van der Waals surface area contributed by atoms with Crippen molar-refractivity contribution >= 4 is 17.6 Å². The van der Waals surface area contributed by atoms with Crippen LogP contribution in [0, 0.1) is 11.3 Å². The molecule has 3 aromatic rings. The Kier molecular flexibility index (Phi) is 6.75. The molecule has 7 heteroatoms. The highest BCUT2D eigenvalue weighted by molar-refractivity contribution is 5.92. The molecule has 0 radical (unpaired) electrons. The third-order valence-electron chi connectivity index (χ3n) is 5.79. The Hall–Kier alpha value is -4.05. The lowest BCUT2D eigenvalue weighted by Gasteiger charge is -2.28. The number of carbonyl (C=O) groups excluding carboxylic acids is 2. The van der Waals surface area contributed by atoms with Crippen LogP contribution >= 0.6 is 0 Å². The lowest BCUT2D eigenvalue weighted by atomic mass is 10.2. The number of benzene rings is 2. The SMILES string of the molecule is Cn1cccc1CN(Cc1ccccc1)C(=O)CN(C(=O)Nc1ccc(C#N)cc1)C1CC1. The number of carbonyl (C=O) groups is 2. The Morgan fingerprint density at radius 1 is 1.03 bits per heavy atom. The Morgan fingerprint density at radius 3 is 2.36 bits per heavy atom. The van der Waals surface area contributed by atoms with Crippen LogP contribution in [-0.2, 0) is 24.9 Å². The number of urea groups is 1. The van der Waals surface area contributed by atoms with Crippen molar-refractivity contribution in [2.75, 3.05) is 11.9 Å². The van der Waals surface area contributed by atoms with Gasteiger partial charge in [-0.3, -0.25) is 4.79 Å². The van der Waals surface area contributed by atoms with Gasteiger partial charge < -0.3 is 19.7 Å². The highest BCUT2D eigenvalue weighted by atomic mass is 16.2. The number of aryl methyl sites for hydroxylation is 1. The van der Waals surface area contributed by atoms with Gasteiger partial charge in [0.1, 0.15) is 6.54 Å². The van der Waals surface area contributed by atoms with Crippen molar-refractivity contribution < 1.29 is 9.59 Å². The Balaban J connectivity index is 1.48. The molecule has 7 nitrogen and oxygen atoms in total. The van der Waals surface area contributed by atoms with Crippen molar-refractivity contribution in [2.24, 2.45) is 7.05 Å². The fraction of sp³-hybridized carbons (Fsp3) is 0.269. The summed E-state index contributed by atoms with van der Waals surface area (Å²) in [6.07, 6.45) is 3.75. The number of amides is 3. The molecule has 0 spiro atoms. The molecule has 0 unspecified atom stereocenters. The number of hydrogen-bond acceptors (Lipinski definition) is 3. The van der Waals surface area contributed by atoms with Crippen LogP contribution in [0.1, 0.15) is 29.7 Å². The minimum absolute atomic E-state index is 0.0179. The first kappa shape index (κ1) is 22.2. The lowest BCUT2D eigenvalue weighted by Crippen LogP contribution is -2.45. The zero-order valence-corrected chi connectivity index (χ0v) is 18.6. The molecular weight excluding hydrogens is 414 g/mol. The molecule has 33 heavy (non-hydrogen) atoms. The minimum atomic E-state index is -0.297. The van der Waals surface area contributed by atoms with Gasteiger partial charge in [0, 0.05) is 37.2 Å². The van der Waals surface area contributed by atoms with E-state index >= 15 is 0 Å². The highest BCUT2D eigenvalue weighted by Gasteiger charge is 2.35. The van der Waals surface area contributed by atoms with E-state index in [-0.39, 0.29) is 24.5 Å². The van der Waals surface area contributed by atoms with Crippen LogP contribution in [0.3, 0.4) is 0 Å². The van der Waals surface area contributed by atoms with Crippen LogP contribution in [0.4, 0.5) is 10.5 Å². The molecule has 168 valence electrons. The smallest absolute Gasteiger partial charge is 0.322 e. The Morgan fingerprint density at radius 2 is 1.76 bits per heavy atom. The van der Waals surface area contributed by atoms with Gasteiger partial charge in [0.05, 0.1) is 18.2 Å². The molecule has 0 atom stereocenters. The average Bonchev–Trinajstić information content (AvgIpc) is 3.59. The second-order valence-corrected chi connectivity index (χ2v) is 8.32. The molecule has 1 N–H and O–H groups in total. The number of anilines is 1. The van der Waals surface area contributed by atoms with E-state index in [1.165, 1.54) is 0 Å². The third kappa shape index (κ3) is 5.80. The highest BCUT2D eigenvalue weighted by Crippen LogP contribution is 2.28. The normalized spacial score (nSPS) is 12.6. The maximum atomic E-state index is 13.4. The first-order chi connectivity index (χ1) is 16.0. The van der Waals surface area contributed by atoms with Crippen molar-refractivity contribution in [1.29, 1.82) is 5.26 Å². The molecule has 0 saturated heterocycles. The summed E-state index contributed by atoms with van der Waals surface area (Å²) in [6.45, 7) is 0.956. The molecule has 4 rings (SSSR count). The van der Waals surface area contributed by atoms with Gasteiger partial charge in [-0.15, -0.1) is 0 Å². The van der Waals surface area contributed by atoms with Gasteiger partial charge in [-0.25, -0.2) is 4.79 Å². The molecule has 1 aliphatic carbocycles. The number of nitriles is 1. The van der Waals surface area contributed by atoms with Crippen LogP contribution in [-0.4, -0.2) is 38.9 Å². The molecule has 1 heterocycles. The van der Waals surface area contributed by atoms with Crippen LogP contribution in [0.25, 0.3) is 0 Å². The topological polar surface area (TPSA) is 81.4 Å². The summed E-state index contributed by atoms with van der Waals surface area (Å²) >= 11 is 0. The lowest BCUT2D eigenvalue weighted by molar-refractivity contribution is -0.133. The number of aromatic nitrogens is 1. The van der Waals surface area contributed by atoms with Crippen LogP contribution in [0.5, 0.6) is 0 Å². The molecule has 1 saturated carbocycles. The quantitative estimate of drug-likeness (QED) is 0.571. The predicted molar refractivity (Wildman–Crippen MR) is 126 cm³/mol. The van der Waals surface area contributed by atoms with Gasteiger partial charge >= 0.3 is 6.03 Å². The fourth-order valence-corrected chi connectivity index (χ4v) is 3.71. The second-order valence-electron chi connectivity index (χ2n) is 8.32. The monoisotopic (exact) mass is 441 g/mol. The van der Waals surface area contributed by atoms with E-state index in [2.05, 4.69) is 11.4 Å². The van der Waals surface area contributed by atoms with Gasteiger partial charge in [-0.1, -0.05) is 30.3 Å². The fourth-order valence-electron chi connectivity index (χ4n) is 3.71. The van der Waals surface area contributed by atoms with Crippen LogP contribution < -0.4 is 5.32 Å². The summed E-state index contributed by atoms with van der Waals surface area (Å²) in [6, 6.07) is 22.4. The molecule has 1 aliphatic rings. The van der Waals surface area contributed by atoms with Crippen LogP contribution in [0.2, 0.25) is 0 Å². The summed E-state index contributed by atoms with van der Waals surface area (Å²) in [7, 11) is 1.96. The second kappa shape index (κ2) is 10.0. The maximum Gasteiger partial charge on any atom is 0.322 e. The van der Waals surface area contributed by atoms with Crippen molar-refractivity contribution in [3.8, 4) is 6.07 Å². The summed E-state index contributed by atoms with van der Waals surface area (Å²) in [5.74, 6) is -0.0954. The number of nitrogens with zero attached hydrogens (tertiary/aromatic N) is 4. The molecule has 2 aromatic carbocycles. The van der Waals surface area contributed by atoms with Crippen molar-refractivity contribution in [3.63, 3.8) is 0 Å². The first-order valence-corrected chi connectivity index (χ1v) is 11.0. The molecule has 1 fully saturated rings. The first-order valence-electron chi connectivity index (χ1n) is 11.0. The van der Waals surface area contributed by atoms with E-state index in [4.69, 9.17) is 5.26 Å². The molecule has 0 bridgehead atoms. The molecular formula is C26H27N5O2. The van der Waals surface area contributed by atoms with E-state index in [0.29, 0.717) is 24.3 Å². The Labute approximate surface area is 193 Å². The van der Waals surface area contributed by atoms with E-state index in [9.17, 15) is 9.59 Å². The largest absolute Gasteiger partial charge is 0.353 e. The summed E-state index contributed by atoms with van der Waals surface area (Å²) < 4.78 is 2.00. The summed E-state index contributed by atoms with van der Waals surface area (Å²) in [4.78, 5) is 29.9. The maximum absolute atomic E-state index is 13.4. The number of nitrogens with one attached hydrogen (secondary N) is 1. The van der Waals surface area contributed by atoms with E-state index in [0.717, 1.165) is 24.1 Å². The van der Waals surface area contributed by atoms with Crippen molar-refractivity contribution in [1.82, 2.24) is 14.4 Å².